The van der Waals surface area contributed by atoms with E-state index in [1.807, 2.05) is 50.7 Å². The van der Waals surface area contributed by atoms with Crippen LogP contribution in [0.5, 0.6) is 0 Å². The van der Waals surface area contributed by atoms with Gasteiger partial charge in [0.1, 0.15) is 0 Å². The second-order valence-corrected chi connectivity index (χ2v) is 5.77. The summed E-state index contributed by atoms with van der Waals surface area (Å²) in [5.74, 6) is -0.0664. The summed E-state index contributed by atoms with van der Waals surface area (Å²) in [7, 11) is 1.91. The Morgan fingerprint density at radius 1 is 1.35 bits per heavy atom. The summed E-state index contributed by atoms with van der Waals surface area (Å²) in [4.78, 5) is 12.2. The van der Waals surface area contributed by atoms with Crippen molar-refractivity contribution in [1.82, 2.24) is 15.1 Å². The van der Waals surface area contributed by atoms with Crippen LogP contribution in [0.15, 0.2) is 22.7 Å². The van der Waals surface area contributed by atoms with Gasteiger partial charge in [0.25, 0.3) is 5.91 Å². The largest absolute Gasteiger partial charge is 0.348 e. The van der Waals surface area contributed by atoms with Gasteiger partial charge in [0.15, 0.2) is 0 Å². The number of halogens is 1. The van der Waals surface area contributed by atoms with E-state index in [9.17, 15) is 4.79 Å². The van der Waals surface area contributed by atoms with Crippen LogP contribution in [0, 0.1) is 20.8 Å². The quantitative estimate of drug-likeness (QED) is 0.937. The number of benzene rings is 1. The Morgan fingerprint density at radius 3 is 2.60 bits per heavy atom. The Balaban J connectivity index is 2.10. The fourth-order valence-corrected chi connectivity index (χ4v) is 2.38. The lowest BCUT2D eigenvalue weighted by atomic mass is 10.1. The first-order chi connectivity index (χ1) is 9.40. The van der Waals surface area contributed by atoms with Crippen LogP contribution in [0.4, 0.5) is 0 Å². The van der Waals surface area contributed by atoms with E-state index in [1.54, 1.807) is 0 Å². The van der Waals surface area contributed by atoms with E-state index in [0.29, 0.717) is 12.1 Å². The monoisotopic (exact) mass is 335 g/mol. The average Bonchev–Trinajstić information content (AvgIpc) is 2.64. The van der Waals surface area contributed by atoms with E-state index >= 15 is 0 Å². The van der Waals surface area contributed by atoms with E-state index in [0.717, 1.165) is 27.0 Å². The van der Waals surface area contributed by atoms with Crippen LogP contribution in [0.2, 0.25) is 0 Å². The standard InChI is InChI=1S/C15H18BrN3O/c1-9-7-12(5-6-14(9)16)15(20)17-8-13-10(2)18-19(4)11(13)3/h5-7H,8H2,1-4H3,(H,17,20). The van der Waals surface area contributed by atoms with Gasteiger partial charge in [0, 0.05) is 34.9 Å². The third-order valence-corrected chi connectivity index (χ3v) is 4.39. The fourth-order valence-electron chi connectivity index (χ4n) is 2.13. The number of aromatic nitrogens is 2. The highest BCUT2D eigenvalue weighted by Gasteiger charge is 2.12. The molecular formula is C15H18BrN3O. The number of amides is 1. The van der Waals surface area contributed by atoms with Crippen molar-refractivity contribution < 1.29 is 4.79 Å². The lowest BCUT2D eigenvalue weighted by Gasteiger charge is -2.07. The highest BCUT2D eigenvalue weighted by molar-refractivity contribution is 9.10. The molecule has 1 amide bonds. The minimum absolute atomic E-state index is 0.0664. The molecule has 1 aromatic heterocycles. The zero-order valence-electron chi connectivity index (χ0n) is 12.1. The van der Waals surface area contributed by atoms with Gasteiger partial charge >= 0.3 is 0 Å². The predicted molar refractivity (Wildman–Crippen MR) is 82.7 cm³/mol. The van der Waals surface area contributed by atoms with Crippen molar-refractivity contribution >= 4 is 21.8 Å². The molecule has 0 aliphatic heterocycles. The Bertz CT molecular complexity index is 661. The van der Waals surface area contributed by atoms with Gasteiger partial charge in [0.05, 0.1) is 5.69 Å². The van der Waals surface area contributed by atoms with Crippen LogP contribution in [0.3, 0.4) is 0 Å². The Hall–Kier alpha value is -1.62. The number of aryl methyl sites for hydroxylation is 3. The first kappa shape index (κ1) is 14.8. The molecule has 1 heterocycles. The molecule has 0 atom stereocenters. The number of carbonyl (C=O) groups is 1. The SMILES string of the molecule is Cc1cc(C(=O)NCc2c(C)nn(C)c2C)ccc1Br. The molecule has 0 aliphatic rings. The van der Waals surface area contributed by atoms with Gasteiger partial charge < -0.3 is 5.32 Å². The first-order valence-electron chi connectivity index (χ1n) is 6.43. The smallest absolute Gasteiger partial charge is 0.251 e. The fraction of sp³-hybridized carbons (Fsp3) is 0.333. The van der Waals surface area contributed by atoms with Gasteiger partial charge in [0.2, 0.25) is 0 Å². The van der Waals surface area contributed by atoms with Crippen molar-refractivity contribution in [3.8, 4) is 0 Å². The number of nitrogens with one attached hydrogen (secondary N) is 1. The molecule has 2 aromatic rings. The minimum Gasteiger partial charge on any atom is -0.348 e. The maximum Gasteiger partial charge on any atom is 0.251 e. The molecular weight excluding hydrogens is 318 g/mol. The molecule has 4 nitrogen and oxygen atoms in total. The molecule has 0 aliphatic carbocycles. The Labute approximate surface area is 127 Å². The molecule has 0 fully saturated rings. The summed E-state index contributed by atoms with van der Waals surface area (Å²) in [6, 6.07) is 5.59. The number of carbonyl (C=O) groups excluding carboxylic acids is 1. The average molecular weight is 336 g/mol. The maximum absolute atomic E-state index is 12.2. The number of hydrogen-bond donors (Lipinski definition) is 1. The van der Waals surface area contributed by atoms with Crippen molar-refractivity contribution in [3.05, 3.63) is 50.8 Å². The first-order valence-corrected chi connectivity index (χ1v) is 7.23. The van der Waals surface area contributed by atoms with E-state index in [-0.39, 0.29) is 5.91 Å². The zero-order valence-corrected chi connectivity index (χ0v) is 13.7. The molecule has 5 heteroatoms. The number of hydrogen-bond acceptors (Lipinski definition) is 2. The Kier molecular flexibility index (Phi) is 4.28. The van der Waals surface area contributed by atoms with Crippen LogP contribution in [0.1, 0.15) is 32.9 Å². The second-order valence-electron chi connectivity index (χ2n) is 4.92. The molecule has 20 heavy (non-hydrogen) atoms. The summed E-state index contributed by atoms with van der Waals surface area (Å²) in [5, 5.41) is 7.30. The Morgan fingerprint density at radius 2 is 2.05 bits per heavy atom. The van der Waals surface area contributed by atoms with Crippen molar-refractivity contribution in [2.24, 2.45) is 7.05 Å². The third-order valence-electron chi connectivity index (χ3n) is 3.50. The summed E-state index contributed by atoms with van der Waals surface area (Å²) < 4.78 is 2.84. The van der Waals surface area contributed by atoms with Crippen LogP contribution < -0.4 is 5.32 Å². The molecule has 0 saturated heterocycles. The molecule has 1 N–H and O–H groups in total. The van der Waals surface area contributed by atoms with Gasteiger partial charge in [-0.15, -0.1) is 0 Å². The van der Waals surface area contributed by atoms with E-state index in [2.05, 4.69) is 26.3 Å². The molecule has 1 aromatic carbocycles. The van der Waals surface area contributed by atoms with Gasteiger partial charge in [-0.3, -0.25) is 9.48 Å². The van der Waals surface area contributed by atoms with Gasteiger partial charge in [-0.1, -0.05) is 15.9 Å². The molecule has 2 rings (SSSR count). The molecule has 0 spiro atoms. The highest BCUT2D eigenvalue weighted by atomic mass is 79.9. The molecule has 0 saturated carbocycles. The molecule has 106 valence electrons. The van der Waals surface area contributed by atoms with Crippen molar-refractivity contribution in [2.75, 3.05) is 0 Å². The topological polar surface area (TPSA) is 46.9 Å². The molecule has 0 unspecified atom stereocenters. The van der Waals surface area contributed by atoms with E-state index in [1.165, 1.54) is 0 Å². The number of rotatable bonds is 3. The molecule has 0 radical (unpaired) electrons. The van der Waals surface area contributed by atoms with Crippen LogP contribution in [0.25, 0.3) is 0 Å². The second kappa shape index (κ2) is 5.79. The normalized spacial score (nSPS) is 10.7. The van der Waals surface area contributed by atoms with Crippen molar-refractivity contribution in [2.45, 2.75) is 27.3 Å². The summed E-state index contributed by atoms with van der Waals surface area (Å²) in [6.45, 7) is 6.43. The van der Waals surface area contributed by atoms with Crippen LogP contribution >= 0.6 is 15.9 Å². The zero-order chi connectivity index (χ0) is 14.9. The summed E-state index contributed by atoms with van der Waals surface area (Å²) in [6.07, 6.45) is 0. The number of nitrogens with zero attached hydrogens (tertiary/aromatic N) is 2. The van der Waals surface area contributed by atoms with E-state index < -0.39 is 0 Å². The lowest BCUT2D eigenvalue weighted by Crippen LogP contribution is -2.23. The van der Waals surface area contributed by atoms with Crippen LogP contribution in [-0.2, 0) is 13.6 Å². The summed E-state index contributed by atoms with van der Waals surface area (Å²) >= 11 is 3.43. The van der Waals surface area contributed by atoms with Crippen molar-refractivity contribution in [1.29, 1.82) is 0 Å². The lowest BCUT2D eigenvalue weighted by molar-refractivity contribution is 0.0950. The van der Waals surface area contributed by atoms with E-state index in [4.69, 9.17) is 0 Å². The van der Waals surface area contributed by atoms with Gasteiger partial charge in [-0.05, 0) is 44.5 Å². The minimum atomic E-state index is -0.0664. The van der Waals surface area contributed by atoms with Gasteiger partial charge in [-0.2, -0.15) is 5.10 Å². The molecule has 0 bridgehead atoms. The van der Waals surface area contributed by atoms with Crippen molar-refractivity contribution in [3.63, 3.8) is 0 Å². The van der Waals surface area contributed by atoms with Gasteiger partial charge in [-0.25, -0.2) is 0 Å². The third kappa shape index (κ3) is 2.93. The maximum atomic E-state index is 12.2. The predicted octanol–water partition coefficient (Wildman–Crippen LogP) is 3.04. The highest BCUT2D eigenvalue weighted by Crippen LogP contribution is 2.17. The summed E-state index contributed by atoms with van der Waals surface area (Å²) in [5.41, 5.74) is 4.83. The van der Waals surface area contributed by atoms with Crippen LogP contribution in [-0.4, -0.2) is 15.7 Å².